The molecule has 0 spiro atoms. The van der Waals surface area contributed by atoms with Crippen molar-refractivity contribution < 1.29 is 19.1 Å². The number of methoxy groups -OCH3 is 1. The van der Waals surface area contributed by atoms with Crippen LogP contribution in [0.5, 0.6) is 0 Å². The van der Waals surface area contributed by atoms with Gasteiger partial charge in [-0.2, -0.15) is 0 Å². The third kappa shape index (κ3) is 2.94. The number of hydrogen-bond donors (Lipinski definition) is 0. The van der Waals surface area contributed by atoms with Crippen molar-refractivity contribution in [2.24, 2.45) is 0 Å². The van der Waals surface area contributed by atoms with E-state index in [2.05, 4.69) is 4.74 Å². The fraction of sp³-hybridized carbons (Fsp3) is 0.538. The normalized spacial score (nSPS) is 17.4. The van der Waals surface area contributed by atoms with E-state index in [1.165, 1.54) is 7.11 Å². The Bertz CT molecular complexity index is 495. The van der Waals surface area contributed by atoms with Gasteiger partial charge < -0.3 is 14.0 Å². The molecule has 0 saturated carbocycles. The standard InChI is InChI=1S/C13H17NO4S/c1-8(2)18-13(16)10-4-5-14-9(6-11(15)17-3)7-19-12(10)14/h4-5,8-9H,6-7H2,1-3H3. The molecule has 1 aromatic rings. The molecule has 19 heavy (non-hydrogen) atoms. The van der Waals surface area contributed by atoms with E-state index >= 15 is 0 Å². The van der Waals surface area contributed by atoms with Gasteiger partial charge in [0.1, 0.15) is 0 Å². The van der Waals surface area contributed by atoms with Crippen molar-refractivity contribution in [3.8, 4) is 0 Å². The summed E-state index contributed by atoms with van der Waals surface area (Å²) in [6.45, 7) is 3.64. The lowest BCUT2D eigenvalue weighted by Gasteiger charge is -2.10. The van der Waals surface area contributed by atoms with Gasteiger partial charge in [0.2, 0.25) is 0 Å². The first-order valence-corrected chi connectivity index (χ1v) is 7.13. The van der Waals surface area contributed by atoms with Crippen LogP contribution in [0.25, 0.3) is 0 Å². The summed E-state index contributed by atoms with van der Waals surface area (Å²) in [5.41, 5.74) is 0.575. The van der Waals surface area contributed by atoms with Gasteiger partial charge in [-0.15, -0.1) is 11.8 Å². The van der Waals surface area contributed by atoms with E-state index in [1.807, 2.05) is 24.6 Å². The summed E-state index contributed by atoms with van der Waals surface area (Å²) in [5.74, 6) is 0.223. The van der Waals surface area contributed by atoms with Crippen molar-refractivity contribution in [3.63, 3.8) is 0 Å². The average Bonchev–Trinajstić information content (AvgIpc) is 2.90. The number of aromatic nitrogens is 1. The molecule has 1 unspecified atom stereocenters. The average molecular weight is 283 g/mol. The third-order valence-corrected chi connectivity index (χ3v) is 4.12. The highest BCUT2D eigenvalue weighted by Crippen LogP contribution is 2.38. The van der Waals surface area contributed by atoms with Crippen LogP contribution in [0.15, 0.2) is 17.3 Å². The summed E-state index contributed by atoms with van der Waals surface area (Å²) in [7, 11) is 1.38. The highest BCUT2D eigenvalue weighted by atomic mass is 32.2. The van der Waals surface area contributed by atoms with E-state index < -0.39 is 0 Å². The molecule has 1 aliphatic heterocycles. The zero-order valence-corrected chi connectivity index (χ0v) is 12.0. The Morgan fingerprint density at radius 2 is 2.26 bits per heavy atom. The SMILES string of the molecule is COC(=O)CC1CSc2c(C(=O)OC(C)C)ccn21. The van der Waals surface area contributed by atoms with Crippen molar-refractivity contribution >= 4 is 23.7 Å². The van der Waals surface area contributed by atoms with Gasteiger partial charge in [0, 0.05) is 11.9 Å². The number of carbonyl (C=O) groups excluding carboxylic acids is 2. The minimum absolute atomic E-state index is 0.0491. The fourth-order valence-corrected chi connectivity index (χ4v) is 3.29. The number of carbonyl (C=O) groups is 2. The molecule has 0 amide bonds. The first kappa shape index (κ1) is 14.0. The molecule has 1 aromatic heterocycles. The highest BCUT2D eigenvalue weighted by molar-refractivity contribution is 7.99. The van der Waals surface area contributed by atoms with E-state index in [9.17, 15) is 9.59 Å². The monoisotopic (exact) mass is 283 g/mol. The minimum atomic E-state index is -0.310. The zero-order chi connectivity index (χ0) is 14.0. The second-order valence-electron chi connectivity index (χ2n) is 4.64. The molecule has 0 fully saturated rings. The largest absolute Gasteiger partial charge is 0.469 e. The zero-order valence-electron chi connectivity index (χ0n) is 11.2. The lowest BCUT2D eigenvalue weighted by atomic mass is 10.2. The molecule has 0 aromatic carbocycles. The molecule has 1 atom stereocenters. The summed E-state index contributed by atoms with van der Waals surface area (Å²) < 4.78 is 11.8. The number of hydrogen-bond acceptors (Lipinski definition) is 5. The van der Waals surface area contributed by atoms with E-state index in [4.69, 9.17) is 4.74 Å². The predicted molar refractivity (Wildman–Crippen MR) is 71.4 cm³/mol. The van der Waals surface area contributed by atoms with Crippen LogP contribution < -0.4 is 0 Å². The van der Waals surface area contributed by atoms with Crippen molar-refractivity contribution in [3.05, 3.63) is 17.8 Å². The molecule has 0 bridgehead atoms. The van der Waals surface area contributed by atoms with Gasteiger partial charge in [0.15, 0.2) is 0 Å². The Balaban J connectivity index is 2.14. The molecule has 5 nitrogen and oxygen atoms in total. The van der Waals surface area contributed by atoms with Crippen LogP contribution in [0.2, 0.25) is 0 Å². The van der Waals surface area contributed by atoms with E-state index in [1.54, 1.807) is 17.8 Å². The number of fused-ring (bicyclic) bond motifs is 1. The number of ether oxygens (including phenoxy) is 2. The molecular weight excluding hydrogens is 266 g/mol. The number of thioether (sulfide) groups is 1. The lowest BCUT2D eigenvalue weighted by Crippen LogP contribution is -2.13. The molecule has 2 rings (SSSR count). The maximum Gasteiger partial charge on any atom is 0.341 e. The minimum Gasteiger partial charge on any atom is -0.469 e. The third-order valence-electron chi connectivity index (χ3n) is 2.87. The van der Waals surface area contributed by atoms with Gasteiger partial charge in [-0.3, -0.25) is 4.79 Å². The van der Waals surface area contributed by atoms with Crippen LogP contribution in [-0.2, 0) is 14.3 Å². The number of esters is 2. The van der Waals surface area contributed by atoms with Crippen LogP contribution >= 0.6 is 11.8 Å². The highest BCUT2D eigenvalue weighted by Gasteiger charge is 2.29. The molecular formula is C13H17NO4S. The first-order chi connectivity index (χ1) is 9.02. The summed E-state index contributed by atoms with van der Waals surface area (Å²) in [6, 6.07) is 1.80. The van der Waals surface area contributed by atoms with E-state index in [0.717, 1.165) is 10.8 Å². The maximum atomic E-state index is 11.9. The number of rotatable bonds is 4. The summed E-state index contributed by atoms with van der Waals surface area (Å²) in [4.78, 5) is 23.2. The molecule has 0 radical (unpaired) electrons. The topological polar surface area (TPSA) is 57.5 Å². The Kier molecular flexibility index (Phi) is 4.19. The lowest BCUT2D eigenvalue weighted by molar-refractivity contribution is -0.141. The smallest absolute Gasteiger partial charge is 0.341 e. The van der Waals surface area contributed by atoms with Crippen LogP contribution in [0, 0.1) is 0 Å². The first-order valence-electron chi connectivity index (χ1n) is 6.14. The summed E-state index contributed by atoms with van der Waals surface area (Å²) >= 11 is 1.57. The summed E-state index contributed by atoms with van der Waals surface area (Å²) in [5, 5.41) is 0.875. The van der Waals surface area contributed by atoms with Crippen LogP contribution in [0.3, 0.4) is 0 Å². The van der Waals surface area contributed by atoms with Crippen molar-refractivity contribution in [1.29, 1.82) is 0 Å². The molecule has 6 heteroatoms. The molecule has 0 aliphatic carbocycles. The Morgan fingerprint density at radius 1 is 1.53 bits per heavy atom. The van der Waals surface area contributed by atoms with Crippen LogP contribution in [0.4, 0.5) is 0 Å². The molecule has 2 heterocycles. The molecule has 104 valence electrons. The number of nitrogens with zero attached hydrogens (tertiary/aromatic N) is 1. The maximum absolute atomic E-state index is 11.9. The van der Waals surface area contributed by atoms with Crippen molar-refractivity contribution in [2.45, 2.75) is 37.4 Å². The molecule has 0 N–H and O–H groups in total. The van der Waals surface area contributed by atoms with Gasteiger partial charge in [-0.05, 0) is 19.9 Å². The summed E-state index contributed by atoms with van der Waals surface area (Å²) in [6.07, 6.45) is 2.02. The molecule has 1 aliphatic rings. The van der Waals surface area contributed by atoms with Gasteiger partial charge in [-0.1, -0.05) is 0 Å². The van der Waals surface area contributed by atoms with Gasteiger partial charge in [0.25, 0.3) is 0 Å². The second-order valence-corrected chi connectivity index (χ2v) is 5.65. The van der Waals surface area contributed by atoms with Crippen molar-refractivity contribution in [2.75, 3.05) is 12.9 Å². The fourth-order valence-electron chi connectivity index (χ4n) is 1.99. The van der Waals surface area contributed by atoms with Gasteiger partial charge in [-0.25, -0.2) is 4.79 Å². The van der Waals surface area contributed by atoms with Gasteiger partial charge in [0.05, 0.1) is 36.3 Å². The van der Waals surface area contributed by atoms with Crippen LogP contribution in [0.1, 0.15) is 36.7 Å². The predicted octanol–water partition coefficient (Wildman–Crippen LogP) is 2.26. The van der Waals surface area contributed by atoms with E-state index in [0.29, 0.717) is 12.0 Å². The van der Waals surface area contributed by atoms with Crippen molar-refractivity contribution in [1.82, 2.24) is 4.57 Å². The Morgan fingerprint density at radius 3 is 2.89 bits per heavy atom. The Hall–Kier alpha value is -1.43. The molecule has 0 saturated heterocycles. The van der Waals surface area contributed by atoms with E-state index in [-0.39, 0.29) is 24.1 Å². The Labute approximate surface area is 116 Å². The van der Waals surface area contributed by atoms with Gasteiger partial charge >= 0.3 is 11.9 Å². The quantitative estimate of drug-likeness (QED) is 0.793. The second kappa shape index (κ2) is 5.69. The van der Waals surface area contributed by atoms with Crippen LogP contribution in [-0.4, -0.2) is 35.5 Å².